The number of hydrogen-bond donors (Lipinski definition) is 1. The molecule has 0 radical (unpaired) electrons. The van der Waals surface area contributed by atoms with Crippen LogP contribution in [0.25, 0.3) is 10.9 Å². The van der Waals surface area contributed by atoms with Gasteiger partial charge >= 0.3 is 0 Å². The summed E-state index contributed by atoms with van der Waals surface area (Å²) >= 11 is 1.29. The number of thioether (sulfide) groups is 1. The number of benzene rings is 1. The van der Waals surface area contributed by atoms with Crippen molar-refractivity contribution < 1.29 is 14.3 Å². The van der Waals surface area contributed by atoms with Crippen LogP contribution in [-0.4, -0.2) is 42.0 Å². The van der Waals surface area contributed by atoms with Gasteiger partial charge in [0.1, 0.15) is 0 Å². The molecule has 1 N–H and O–H groups in total. The highest BCUT2D eigenvalue weighted by atomic mass is 32.2. The minimum absolute atomic E-state index is 0.108. The highest BCUT2D eigenvalue weighted by molar-refractivity contribution is 8.00. The molecule has 0 bridgehead atoms. The smallest absolute Gasteiger partial charge is 0.262 e. The van der Waals surface area contributed by atoms with Crippen LogP contribution in [0.1, 0.15) is 39.0 Å². The minimum atomic E-state index is -0.375. The Bertz CT molecular complexity index is 1020. The first-order valence-electron chi connectivity index (χ1n) is 10.2. The quantitative estimate of drug-likeness (QED) is 0.391. The minimum Gasteiger partial charge on any atom is -0.493 e. The first-order chi connectivity index (χ1) is 14.5. The van der Waals surface area contributed by atoms with Crippen molar-refractivity contribution in [3.8, 4) is 11.5 Å². The molecule has 8 heteroatoms. The topological polar surface area (TPSA) is 82.5 Å². The number of nitrogens with one attached hydrogen (secondary N) is 1. The molecule has 1 amide bonds. The number of hydrogen-bond acceptors (Lipinski definition) is 6. The zero-order chi connectivity index (χ0) is 21.7. The van der Waals surface area contributed by atoms with Gasteiger partial charge in [-0.05, 0) is 45.1 Å². The van der Waals surface area contributed by atoms with E-state index in [1.165, 1.54) is 30.2 Å². The van der Waals surface area contributed by atoms with Crippen molar-refractivity contribution in [3.63, 3.8) is 0 Å². The molecule has 1 aliphatic rings. The van der Waals surface area contributed by atoms with Gasteiger partial charge in [-0.15, -0.1) is 0 Å². The van der Waals surface area contributed by atoms with Crippen LogP contribution in [0.4, 0.5) is 0 Å². The predicted molar refractivity (Wildman–Crippen MR) is 120 cm³/mol. The summed E-state index contributed by atoms with van der Waals surface area (Å²) in [6.07, 6.45) is 7.71. The van der Waals surface area contributed by atoms with Crippen molar-refractivity contribution in [2.24, 2.45) is 0 Å². The van der Waals surface area contributed by atoms with Crippen molar-refractivity contribution in [1.82, 2.24) is 14.9 Å². The van der Waals surface area contributed by atoms with Gasteiger partial charge in [0.2, 0.25) is 5.91 Å². The second-order valence-corrected chi connectivity index (χ2v) is 8.62. The third kappa shape index (κ3) is 4.80. The number of aromatic nitrogens is 2. The van der Waals surface area contributed by atoms with Gasteiger partial charge in [-0.25, -0.2) is 4.98 Å². The molecule has 0 saturated heterocycles. The van der Waals surface area contributed by atoms with Gasteiger partial charge in [0.05, 0.1) is 30.4 Å². The molecule has 7 nitrogen and oxygen atoms in total. The Hall–Kier alpha value is -2.48. The van der Waals surface area contributed by atoms with E-state index in [2.05, 4.69) is 11.4 Å². The van der Waals surface area contributed by atoms with Crippen LogP contribution in [0.3, 0.4) is 0 Å². The maximum Gasteiger partial charge on any atom is 0.262 e. The zero-order valence-corrected chi connectivity index (χ0v) is 18.8. The number of allylic oxidation sites excluding steroid dienone is 2. The normalized spacial score (nSPS) is 14.9. The van der Waals surface area contributed by atoms with Crippen molar-refractivity contribution >= 4 is 28.6 Å². The lowest BCUT2D eigenvalue weighted by atomic mass is 9.97. The molecular formula is C22H29N3O4S. The first-order valence-corrected chi connectivity index (χ1v) is 11.1. The lowest BCUT2D eigenvalue weighted by Gasteiger charge is -2.18. The van der Waals surface area contributed by atoms with Crippen LogP contribution in [0, 0.1) is 0 Å². The van der Waals surface area contributed by atoms with Gasteiger partial charge in [0.25, 0.3) is 5.56 Å². The number of fused-ring (bicyclic) bond motifs is 1. The van der Waals surface area contributed by atoms with Gasteiger partial charge < -0.3 is 14.8 Å². The average molecular weight is 432 g/mol. The lowest BCUT2D eigenvalue weighted by Crippen LogP contribution is -2.29. The van der Waals surface area contributed by atoms with E-state index in [1.807, 2.05) is 6.92 Å². The average Bonchev–Trinajstić information content (AvgIpc) is 2.78. The molecule has 1 atom stereocenters. The van der Waals surface area contributed by atoms with E-state index in [-0.39, 0.29) is 16.7 Å². The fraction of sp³-hybridized carbons (Fsp3) is 0.500. The maximum absolute atomic E-state index is 13.4. The van der Waals surface area contributed by atoms with Crippen molar-refractivity contribution in [3.05, 3.63) is 34.1 Å². The van der Waals surface area contributed by atoms with Crippen LogP contribution >= 0.6 is 11.8 Å². The Balaban J connectivity index is 2.07. The van der Waals surface area contributed by atoms with E-state index in [9.17, 15) is 9.59 Å². The van der Waals surface area contributed by atoms with E-state index >= 15 is 0 Å². The van der Waals surface area contributed by atoms with E-state index < -0.39 is 0 Å². The Morgan fingerprint density at radius 2 is 2.00 bits per heavy atom. The van der Waals surface area contributed by atoms with Crippen LogP contribution < -0.4 is 20.3 Å². The summed E-state index contributed by atoms with van der Waals surface area (Å²) in [5.74, 6) is 0.894. The van der Waals surface area contributed by atoms with Gasteiger partial charge in [0, 0.05) is 19.7 Å². The second kappa shape index (κ2) is 10.0. The molecule has 30 heavy (non-hydrogen) atoms. The van der Waals surface area contributed by atoms with Crippen LogP contribution in [0.15, 0.2) is 33.7 Å². The monoisotopic (exact) mass is 431 g/mol. The van der Waals surface area contributed by atoms with Crippen LogP contribution in [0.2, 0.25) is 0 Å². The van der Waals surface area contributed by atoms with E-state index in [0.717, 1.165) is 19.3 Å². The fourth-order valence-corrected chi connectivity index (χ4v) is 4.61. The summed E-state index contributed by atoms with van der Waals surface area (Å²) in [7, 11) is 4.69. The number of nitrogens with zero attached hydrogens (tertiary/aromatic N) is 2. The number of carbonyl (C=O) groups excluding carboxylic acids is 1. The molecule has 0 fully saturated rings. The second-order valence-electron chi connectivity index (χ2n) is 7.31. The molecule has 1 heterocycles. The van der Waals surface area contributed by atoms with Gasteiger partial charge in [-0.1, -0.05) is 23.4 Å². The van der Waals surface area contributed by atoms with Gasteiger partial charge in [-0.3, -0.25) is 14.2 Å². The molecule has 0 saturated carbocycles. The van der Waals surface area contributed by atoms with Crippen molar-refractivity contribution in [1.29, 1.82) is 0 Å². The summed E-state index contributed by atoms with van der Waals surface area (Å²) in [6.45, 7) is 2.34. The molecule has 0 spiro atoms. The van der Waals surface area contributed by atoms with Crippen molar-refractivity contribution in [2.45, 2.75) is 56.0 Å². The van der Waals surface area contributed by atoms with E-state index in [4.69, 9.17) is 14.5 Å². The molecular weight excluding hydrogens is 402 g/mol. The Kier molecular flexibility index (Phi) is 7.42. The molecule has 2 aromatic rings. The third-order valence-electron chi connectivity index (χ3n) is 5.36. The number of rotatable bonds is 8. The Morgan fingerprint density at radius 3 is 2.63 bits per heavy atom. The summed E-state index contributed by atoms with van der Waals surface area (Å²) in [6, 6.07) is 3.38. The molecule has 1 aromatic carbocycles. The van der Waals surface area contributed by atoms with Gasteiger partial charge in [0.15, 0.2) is 16.7 Å². The number of methoxy groups -OCH3 is 2. The number of carbonyl (C=O) groups is 1. The standard InChI is InChI=1S/C22H29N3O4S/c1-14(20(26)23-2)30-22-24-17-13-19(29-4)18(28-3)12-16(17)21(27)25(22)11-10-15-8-6-5-7-9-15/h8,12-14H,5-7,9-11H2,1-4H3,(H,23,26). The Labute approximate surface area is 180 Å². The lowest BCUT2D eigenvalue weighted by molar-refractivity contribution is -0.119. The number of amides is 1. The summed E-state index contributed by atoms with van der Waals surface area (Å²) < 4.78 is 12.4. The van der Waals surface area contributed by atoms with Gasteiger partial charge in [-0.2, -0.15) is 0 Å². The SMILES string of the molecule is CNC(=O)C(C)Sc1nc2cc(OC)c(OC)cc2c(=O)n1CCC1=CCCCC1. The highest BCUT2D eigenvalue weighted by Gasteiger charge is 2.20. The molecule has 1 aliphatic carbocycles. The zero-order valence-electron chi connectivity index (χ0n) is 18.0. The summed E-state index contributed by atoms with van der Waals surface area (Å²) in [4.78, 5) is 30.2. The third-order valence-corrected chi connectivity index (χ3v) is 6.45. The summed E-state index contributed by atoms with van der Waals surface area (Å²) in [5, 5.41) is 3.29. The molecule has 1 unspecified atom stereocenters. The molecule has 3 rings (SSSR count). The van der Waals surface area contributed by atoms with Crippen molar-refractivity contribution in [2.75, 3.05) is 21.3 Å². The highest BCUT2D eigenvalue weighted by Crippen LogP contribution is 2.32. The van der Waals surface area contributed by atoms with E-state index in [1.54, 1.807) is 38.0 Å². The molecule has 1 aromatic heterocycles. The van der Waals surface area contributed by atoms with E-state index in [0.29, 0.717) is 34.1 Å². The molecule has 0 aliphatic heterocycles. The summed E-state index contributed by atoms with van der Waals surface area (Å²) in [5.41, 5.74) is 1.78. The predicted octanol–water partition coefficient (Wildman–Crippen LogP) is 3.53. The fourth-order valence-electron chi connectivity index (χ4n) is 3.62. The molecule has 162 valence electrons. The first kappa shape index (κ1) is 22.2. The Morgan fingerprint density at radius 1 is 1.27 bits per heavy atom. The maximum atomic E-state index is 13.4. The number of ether oxygens (including phenoxy) is 2. The van der Waals surface area contributed by atoms with Crippen LogP contribution in [0.5, 0.6) is 11.5 Å². The largest absolute Gasteiger partial charge is 0.493 e. The van der Waals surface area contributed by atoms with Crippen LogP contribution in [-0.2, 0) is 11.3 Å².